The van der Waals surface area contributed by atoms with Crippen molar-refractivity contribution in [2.24, 2.45) is 4.99 Å². The lowest BCUT2D eigenvalue weighted by atomic mass is 9.94. The number of benzene rings is 1. The summed E-state index contributed by atoms with van der Waals surface area (Å²) in [4.78, 5) is 10.1. The third-order valence-electron chi connectivity index (χ3n) is 6.53. The Bertz CT molecular complexity index is 705. The fraction of sp³-hybridized carbons (Fsp3) is 0.720. The van der Waals surface area contributed by atoms with Gasteiger partial charge in [0.15, 0.2) is 5.96 Å². The zero-order valence-electron chi connectivity index (χ0n) is 20.4. The molecule has 1 aromatic rings. The zero-order valence-corrected chi connectivity index (χ0v) is 22.8. The van der Waals surface area contributed by atoms with Crippen molar-refractivity contribution in [3.8, 4) is 0 Å². The lowest BCUT2D eigenvalue weighted by Crippen LogP contribution is -2.51. The summed E-state index contributed by atoms with van der Waals surface area (Å²) >= 11 is 0. The molecule has 0 bridgehead atoms. The van der Waals surface area contributed by atoms with Crippen molar-refractivity contribution in [1.82, 2.24) is 15.1 Å². The highest BCUT2D eigenvalue weighted by Crippen LogP contribution is 2.25. The molecule has 3 rings (SSSR count). The number of ether oxygens (including phenoxy) is 2. The topological polar surface area (TPSA) is 49.3 Å². The number of fused-ring (bicyclic) bond motifs is 1. The predicted molar refractivity (Wildman–Crippen MR) is 143 cm³/mol. The van der Waals surface area contributed by atoms with Crippen LogP contribution in [0.5, 0.6) is 0 Å². The minimum Gasteiger partial charge on any atom is -0.385 e. The molecular weight excluding hydrogens is 515 g/mol. The predicted octanol–water partition coefficient (Wildman–Crippen LogP) is 3.92. The average Bonchev–Trinajstić information content (AvgIpc) is 2.79. The Hall–Kier alpha value is -0.900. The summed E-state index contributed by atoms with van der Waals surface area (Å²) in [6.45, 7) is 14.2. The molecule has 2 aliphatic heterocycles. The number of aliphatic imine (C=N–C) groups is 1. The molecule has 32 heavy (non-hydrogen) atoms. The van der Waals surface area contributed by atoms with E-state index in [2.05, 4.69) is 60.2 Å². The molecule has 6 nitrogen and oxygen atoms in total. The Kier molecular flexibility index (Phi) is 11.7. The van der Waals surface area contributed by atoms with Gasteiger partial charge in [-0.3, -0.25) is 9.89 Å². The summed E-state index contributed by atoms with van der Waals surface area (Å²) in [5, 5.41) is 3.52. The maximum atomic E-state index is 6.02. The van der Waals surface area contributed by atoms with Crippen LogP contribution >= 0.6 is 24.0 Å². The summed E-state index contributed by atoms with van der Waals surface area (Å²) in [5.74, 6) is 1.05. The summed E-state index contributed by atoms with van der Waals surface area (Å²) in [6, 6.07) is 8.85. The Morgan fingerprint density at radius 2 is 1.84 bits per heavy atom. The molecule has 0 radical (unpaired) electrons. The molecule has 1 N–H and O–H groups in total. The van der Waals surface area contributed by atoms with Gasteiger partial charge in [0.05, 0.1) is 12.6 Å². The average molecular weight is 559 g/mol. The molecule has 1 aromatic carbocycles. The van der Waals surface area contributed by atoms with Crippen molar-refractivity contribution < 1.29 is 9.47 Å². The number of methoxy groups -OCH3 is 1. The van der Waals surface area contributed by atoms with E-state index in [1.807, 2.05) is 0 Å². The third-order valence-corrected chi connectivity index (χ3v) is 6.53. The molecule has 0 aliphatic carbocycles. The van der Waals surface area contributed by atoms with Crippen LogP contribution in [0.4, 0.5) is 0 Å². The summed E-state index contributed by atoms with van der Waals surface area (Å²) in [5.41, 5.74) is 2.99. The van der Waals surface area contributed by atoms with Gasteiger partial charge in [-0.05, 0) is 57.6 Å². The van der Waals surface area contributed by atoms with Crippen LogP contribution in [-0.4, -0.2) is 80.4 Å². The van der Waals surface area contributed by atoms with Gasteiger partial charge < -0.3 is 19.7 Å². The maximum absolute atomic E-state index is 6.02. The molecule has 0 unspecified atom stereocenters. The van der Waals surface area contributed by atoms with Crippen molar-refractivity contribution in [3.05, 3.63) is 35.4 Å². The van der Waals surface area contributed by atoms with Crippen molar-refractivity contribution >= 4 is 29.9 Å². The molecule has 1 saturated heterocycles. The molecule has 0 saturated carbocycles. The fourth-order valence-corrected chi connectivity index (χ4v) is 4.49. The molecule has 2 aliphatic rings. The van der Waals surface area contributed by atoms with Crippen molar-refractivity contribution in [3.63, 3.8) is 0 Å². The van der Waals surface area contributed by atoms with E-state index in [1.54, 1.807) is 7.11 Å². The van der Waals surface area contributed by atoms with E-state index in [-0.39, 0.29) is 29.5 Å². The summed E-state index contributed by atoms with van der Waals surface area (Å²) in [7, 11) is 1.74. The normalized spacial score (nSPS) is 18.2. The number of hydrogen-bond acceptors (Lipinski definition) is 4. The van der Waals surface area contributed by atoms with Crippen LogP contribution in [0, 0.1) is 0 Å². The van der Waals surface area contributed by atoms with Gasteiger partial charge in [-0.25, -0.2) is 0 Å². The van der Waals surface area contributed by atoms with E-state index < -0.39 is 0 Å². The highest BCUT2D eigenvalue weighted by Gasteiger charge is 2.30. The van der Waals surface area contributed by atoms with Gasteiger partial charge in [-0.15, -0.1) is 24.0 Å². The van der Waals surface area contributed by atoms with Crippen molar-refractivity contribution in [2.45, 2.75) is 64.6 Å². The highest BCUT2D eigenvalue weighted by molar-refractivity contribution is 14.0. The number of rotatable bonds is 9. The van der Waals surface area contributed by atoms with Crippen LogP contribution in [0.1, 0.15) is 51.2 Å². The van der Waals surface area contributed by atoms with Gasteiger partial charge in [-0.1, -0.05) is 24.3 Å². The molecule has 0 spiro atoms. The molecule has 0 amide bonds. The van der Waals surface area contributed by atoms with E-state index in [4.69, 9.17) is 14.5 Å². The third kappa shape index (κ3) is 7.85. The molecular formula is C25H43IN4O2. The fourth-order valence-electron chi connectivity index (χ4n) is 4.49. The molecule has 2 heterocycles. The summed E-state index contributed by atoms with van der Waals surface area (Å²) < 4.78 is 11.1. The monoisotopic (exact) mass is 558 g/mol. The number of likely N-dealkylation sites (tertiary alicyclic amines) is 1. The molecule has 1 fully saturated rings. The molecule has 182 valence electrons. The number of nitrogens with zero attached hydrogens (tertiary/aromatic N) is 3. The Morgan fingerprint density at radius 1 is 1.12 bits per heavy atom. The van der Waals surface area contributed by atoms with E-state index in [0.717, 1.165) is 84.1 Å². The Balaban J connectivity index is 0.00000363. The lowest BCUT2D eigenvalue weighted by Gasteiger charge is -2.41. The number of hydrogen-bond donors (Lipinski definition) is 1. The van der Waals surface area contributed by atoms with Gasteiger partial charge in [0.25, 0.3) is 0 Å². The van der Waals surface area contributed by atoms with Gasteiger partial charge in [0.1, 0.15) is 0 Å². The Morgan fingerprint density at radius 3 is 2.53 bits per heavy atom. The number of piperidine rings is 1. The Labute approximate surface area is 212 Å². The minimum absolute atomic E-state index is 0. The van der Waals surface area contributed by atoms with E-state index in [0.29, 0.717) is 6.10 Å². The van der Waals surface area contributed by atoms with Gasteiger partial charge in [0, 0.05) is 58.6 Å². The first-order valence-electron chi connectivity index (χ1n) is 12.0. The van der Waals surface area contributed by atoms with Crippen molar-refractivity contribution in [1.29, 1.82) is 0 Å². The van der Waals surface area contributed by atoms with Crippen LogP contribution < -0.4 is 5.32 Å². The quantitative estimate of drug-likeness (QED) is 0.216. The van der Waals surface area contributed by atoms with Crippen LogP contribution in [0.3, 0.4) is 0 Å². The number of halogens is 1. The number of nitrogens with one attached hydrogen (secondary N) is 1. The smallest absolute Gasteiger partial charge is 0.193 e. The standard InChI is InChI=1S/C25H42N4O2.HI/c1-5-26-24(28-14-12-23(13-15-28)31-18-8-17-30-4)27-20-25(2,3)29-16-11-21-9-6-7-10-22(21)19-29;/h6-7,9-10,23H,5,8,11-20H2,1-4H3,(H,26,27);1H. The van der Waals surface area contributed by atoms with E-state index >= 15 is 0 Å². The van der Waals surface area contributed by atoms with Gasteiger partial charge in [-0.2, -0.15) is 0 Å². The zero-order chi connectivity index (χ0) is 22.1. The van der Waals surface area contributed by atoms with Crippen LogP contribution in [0.15, 0.2) is 29.3 Å². The van der Waals surface area contributed by atoms with E-state index in [1.165, 1.54) is 11.1 Å². The maximum Gasteiger partial charge on any atom is 0.193 e. The lowest BCUT2D eigenvalue weighted by molar-refractivity contribution is 0.00983. The van der Waals surface area contributed by atoms with Crippen LogP contribution in [0.2, 0.25) is 0 Å². The first-order valence-corrected chi connectivity index (χ1v) is 12.0. The van der Waals surface area contributed by atoms with Gasteiger partial charge in [0.2, 0.25) is 0 Å². The second-order valence-electron chi connectivity index (χ2n) is 9.33. The largest absolute Gasteiger partial charge is 0.385 e. The summed E-state index contributed by atoms with van der Waals surface area (Å²) in [6.07, 6.45) is 4.58. The van der Waals surface area contributed by atoms with E-state index in [9.17, 15) is 0 Å². The second-order valence-corrected chi connectivity index (χ2v) is 9.33. The molecule has 0 atom stereocenters. The first kappa shape index (κ1) is 27.3. The van der Waals surface area contributed by atoms with Crippen LogP contribution in [0.25, 0.3) is 0 Å². The SMILES string of the molecule is CCNC(=NCC(C)(C)N1CCc2ccccc2C1)N1CCC(OCCCOC)CC1.I. The minimum atomic E-state index is 0. The molecule has 7 heteroatoms. The van der Waals surface area contributed by atoms with Crippen molar-refractivity contribution in [2.75, 3.05) is 53.0 Å². The number of guanidine groups is 1. The first-order chi connectivity index (χ1) is 15.0. The van der Waals surface area contributed by atoms with Gasteiger partial charge >= 0.3 is 0 Å². The second kappa shape index (κ2) is 13.7. The molecule has 0 aromatic heterocycles. The van der Waals surface area contributed by atoms with Crippen LogP contribution in [-0.2, 0) is 22.4 Å². The highest BCUT2D eigenvalue weighted by atomic mass is 127.